The van der Waals surface area contributed by atoms with Crippen LogP contribution < -0.4 is 10.1 Å². The number of amides is 1. The molecule has 0 aliphatic carbocycles. The summed E-state index contributed by atoms with van der Waals surface area (Å²) < 4.78 is 5.16. The van der Waals surface area contributed by atoms with Crippen LogP contribution in [-0.2, 0) is 6.54 Å². The van der Waals surface area contributed by atoms with Crippen molar-refractivity contribution in [2.45, 2.75) is 26.3 Å². The Morgan fingerprint density at radius 3 is 2.68 bits per heavy atom. The third-order valence-electron chi connectivity index (χ3n) is 3.56. The molecule has 3 rings (SSSR count). The van der Waals surface area contributed by atoms with Crippen LogP contribution in [0.15, 0.2) is 35.8 Å². The minimum absolute atomic E-state index is 0.108. The second kappa shape index (κ2) is 7.76. The fourth-order valence-electron chi connectivity index (χ4n) is 2.17. The first-order valence-corrected chi connectivity index (χ1v) is 9.59. The fourth-order valence-corrected chi connectivity index (χ4v) is 3.83. The zero-order valence-electron chi connectivity index (χ0n) is 14.3. The SMILES string of the molecule is COc1ccc(-c2nc(CNC(=O)c3cnc(C(C)C)s3)cs2)cc1. The van der Waals surface area contributed by atoms with Gasteiger partial charge in [0.15, 0.2) is 0 Å². The molecule has 7 heteroatoms. The minimum Gasteiger partial charge on any atom is -0.497 e. The second-order valence-electron chi connectivity index (χ2n) is 5.77. The summed E-state index contributed by atoms with van der Waals surface area (Å²) >= 11 is 3.00. The topological polar surface area (TPSA) is 64.1 Å². The number of rotatable bonds is 6. The summed E-state index contributed by atoms with van der Waals surface area (Å²) in [5.41, 5.74) is 1.88. The highest BCUT2D eigenvalue weighted by atomic mass is 32.1. The summed E-state index contributed by atoms with van der Waals surface area (Å²) in [6.45, 7) is 4.54. The van der Waals surface area contributed by atoms with Crippen molar-refractivity contribution in [2.75, 3.05) is 7.11 Å². The van der Waals surface area contributed by atoms with E-state index in [0.717, 1.165) is 27.0 Å². The van der Waals surface area contributed by atoms with Crippen molar-refractivity contribution < 1.29 is 9.53 Å². The Bertz CT molecular complexity index is 853. The Morgan fingerprint density at radius 2 is 2.04 bits per heavy atom. The van der Waals surface area contributed by atoms with Gasteiger partial charge in [-0.3, -0.25) is 4.79 Å². The lowest BCUT2D eigenvalue weighted by Gasteiger charge is -2.01. The van der Waals surface area contributed by atoms with Crippen molar-refractivity contribution in [1.82, 2.24) is 15.3 Å². The highest BCUT2D eigenvalue weighted by Crippen LogP contribution is 2.26. The number of nitrogens with one attached hydrogen (secondary N) is 1. The number of hydrogen-bond donors (Lipinski definition) is 1. The summed E-state index contributed by atoms with van der Waals surface area (Å²) in [6, 6.07) is 7.78. The van der Waals surface area contributed by atoms with E-state index in [4.69, 9.17) is 4.74 Å². The van der Waals surface area contributed by atoms with Crippen molar-refractivity contribution in [2.24, 2.45) is 0 Å². The molecule has 1 amide bonds. The maximum absolute atomic E-state index is 12.2. The summed E-state index contributed by atoms with van der Waals surface area (Å²) in [5, 5.41) is 6.77. The molecule has 0 aliphatic rings. The Hall–Kier alpha value is -2.25. The zero-order valence-corrected chi connectivity index (χ0v) is 15.9. The van der Waals surface area contributed by atoms with Gasteiger partial charge < -0.3 is 10.1 Å². The molecule has 0 spiro atoms. The molecule has 2 heterocycles. The molecule has 25 heavy (non-hydrogen) atoms. The predicted molar refractivity (Wildman–Crippen MR) is 101 cm³/mol. The first kappa shape index (κ1) is 17.6. The maximum atomic E-state index is 12.2. The second-order valence-corrected chi connectivity index (χ2v) is 7.69. The number of aromatic nitrogens is 2. The molecule has 0 fully saturated rings. The number of benzene rings is 1. The largest absolute Gasteiger partial charge is 0.497 e. The fraction of sp³-hybridized carbons (Fsp3) is 0.278. The van der Waals surface area contributed by atoms with Crippen LogP contribution in [0, 0.1) is 0 Å². The van der Waals surface area contributed by atoms with Gasteiger partial charge in [0.25, 0.3) is 5.91 Å². The molecular weight excluding hydrogens is 354 g/mol. The molecule has 0 bridgehead atoms. The summed E-state index contributed by atoms with van der Waals surface area (Å²) in [7, 11) is 1.65. The number of ether oxygens (including phenoxy) is 1. The van der Waals surface area contributed by atoms with Crippen LogP contribution in [0.25, 0.3) is 10.6 Å². The Morgan fingerprint density at radius 1 is 1.28 bits per heavy atom. The summed E-state index contributed by atoms with van der Waals surface area (Å²) in [5.74, 6) is 1.04. The van der Waals surface area contributed by atoms with Crippen LogP contribution in [0.1, 0.15) is 40.1 Å². The Kier molecular flexibility index (Phi) is 5.45. The maximum Gasteiger partial charge on any atom is 0.263 e. The van der Waals surface area contributed by atoms with Gasteiger partial charge in [0.05, 0.1) is 30.6 Å². The van der Waals surface area contributed by atoms with Gasteiger partial charge in [0.1, 0.15) is 15.6 Å². The third kappa shape index (κ3) is 4.24. The molecule has 0 radical (unpaired) electrons. The van der Waals surface area contributed by atoms with E-state index in [1.807, 2.05) is 29.6 Å². The number of carbonyl (C=O) groups excluding carboxylic acids is 1. The van der Waals surface area contributed by atoms with E-state index in [2.05, 4.69) is 29.1 Å². The van der Waals surface area contributed by atoms with Gasteiger partial charge in [-0.2, -0.15) is 0 Å². The molecule has 1 N–H and O–H groups in total. The van der Waals surface area contributed by atoms with Crippen LogP contribution in [0.2, 0.25) is 0 Å². The number of thiazole rings is 2. The van der Waals surface area contributed by atoms with Crippen LogP contribution in [-0.4, -0.2) is 23.0 Å². The molecule has 5 nitrogen and oxygen atoms in total. The molecule has 0 saturated heterocycles. The summed E-state index contributed by atoms with van der Waals surface area (Å²) in [6.07, 6.45) is 1.64. The van der Waals surface area contributed by atoms with Crippen LogP contribution >= 0.6 is 22.7 Å². The average molecular weight is 374 g/mol. The van der Waals surface area contributed by atoms with Crippen molar-refractivity contribution in [3.63, 3.8) is 0 Å². The Labute approximate surface area is 154 Å². The number of hydrogen-bond acceptors (Lipinski definition) is 6. The molecule has 2 aromatic heterocycles. The van der Waals surface area contributed by atoms with E-state index >= 15 is 0 Å². The standard InChI is InChI=1S/C18H19N3O2S2/c1-11(2)17-20-9-15(25-17)16(22)19-8-13-10-24-18(21-13)12-4-6-14(23-3)7-5-12/h4-7,9-11H,8H2,1-3H3,(H,19,22). The number of carbonyl (C=O) groups is 1. The lowest BCUT2D eigenvalue weighted by Crippen LogP contribution is -2.21. The molecular formula is C18H19N3O2S2. The van der Waals surface area contributed by atoms with Crippen molar-refractivity contribution in [1.29, 1.82) is 0 Å². The van der Waals surface area contributed by atoms with Gasteiger partial charge in [-0.15, -0.1) is 22.7 Å². The lowest BCUT2D eigenvalue weighted by atomic mass is 10.2. The van der Waals surface area contributed by atoms with E-state index < -0.39 is 0 Å². The molecule has 3 aromatic rings. The highest BCUT2D eigenvalue weighted by Gasteiger charge is 2.13. The van der Waals surface area contributed by atoms with Crippen LogP contribution in [0.3, 0.4) is 0 Å². The average Bonchev–Trinajstić information content (AvgIpc) is 3.29. The van der Waals surface area contributed by atoms with Gasteiger partial charge in [0, 0.05) is 16.9 Å². The Balaban J connectivity index is 1.61. The molecule has 130 valence electrons. The van der Waals surface area contributed by atoms with E-state index in [-0.39, 0.29) is 5.91 Å². The molecule has 0 unspecified atom stereocenters. The normalized spacial score (nSPS) is 10.9. The number of nitrogens with zero attached hydrogens (tertiary/aromatic N) is 2. The van der Waals surface area contributed by atoms with Gasteiger partial charge >= 0.3 is 0 Å². The molecule has 1 aromatic carbocycles. The van der Waals surface area contributed by atoms with Gasteiger partial charge in [-0.25, -0.2) is 9.97 Å². The van der Waals surface area contributed by atoms with Crippen LogP contribution in [0.5, 0.6) is 5.75 Å². The first-order valence-electron chi connectivity index (χ1n) is 7.89. The van der Waals surface area contributed by atoms with Crippen molar-refractivity contribution in [3.8, 4) is 16.3 Å². The van der Waals surface area contributed by atoms with E-state index in [1.165, 1.54) is 11.3 Å². The number of methoxy groups -OCH3 is 1. The molecule has 0 atom stereocenters. The molecule has 0 aliphatic heterocycles. The van der Waals surface area contributed by atoms with Gasteiger partial charge in [0.2, 0.25) is 0 Å². The smallest absolute Gasteiger partial charge is 0.263 e. The first-order chi connectivity index (χ1) is 12.1. The lowest BCUT2D eigenvalue weighted by molar-refractivity contribution is 0.0954. The zero-order chi connectivity index (χ0) is 17.8. The predicted octanol–water partition coefficient (Wildman–Crippen LogP) is 4.33. The van der Waals surface area contributed by atoms with Gasteiger partial charge in [-0.05, 0) is 24.3 Å². The van der Waals surface area contributed by atoms with E-state index in [9.17, 15) is 4.79 Å². The third-order valence-corrected chi connectivity index (χ3v) is 5.80. The quantitative estimate of drug-likeness (QED) is 0.698. The minimum atomic E-state index is -0.108. The van der Waals surface area contributed by atoms with Gasteiger partial charge in [-0.1, -0.05) is 13.8 Å². The van der Waals surface area contributed by atoms with Crippen molar-refractivity contribution in [3.05, 3.63) is 51.4 Å². The van der Waals surface area contributed by atoms with Crippen LogP contribution in [0.4, 0.5) is 0 Å². The molecule has 0 saturated carbocycles. The monoisotopic (exact) mass is 373 g/mol. The van der Waals surface area contributed by atoms with E-state index in [1.54, 1.807) is 24.6 Å². The highest BCUT2D eigenvalue weighted by molar-refractivity contribution is 7.13. The summed E-state index contributed by atoms with van der Waals surface area (Å²) in [4.78, 5) is 21.7. The van der Waals surface area contributed by atoms with Crippen molar-refractivity contribution >= 4 is 28.6 Å². The van der Waals surface area contributed by atoms with E-state index in [0.29, 0.717) is 17.3 Å².